The Bertz CT molecular complexity index is 566. The van der Waals surface area contributed by atoms with Crippen LogP contribution in [0.2, 0.25) is 0 Å². The molecule has 0 radical (unpaired) electrons. The van der Waals surface area contributed by atoms with Gasteiger partial charge in [0.2, 0.25) is 0 Å². The molecule has 2 aromatic rings. The summed E-state index contributed by atoms with van der Waals surface area (Å²) >= 11 is 6.05. The second-order valence-electron chi connectivity index (χ2n) is 4.75. The van der Waals surface area contributed by atoms with E-state index in [4.69, 9.17) is 0 Å². The Morgan fingerprint density at radius 2 is 1.80 bits per heavy atom. The summed E-state index contributed by atoms with van der Waals surface area (Å²) in [5.41, 5.74) is 3.99. The molecule has 1 atom stereocenters. The predicted octanol–water partition coefficient (Wildman–Crippen LogP) is 5.32. The van der Waals surface area contributed by atoms with Crippen LogP contribution in [0.3, 0.4) is 0 Å². The number of nitrogens with one attached hydrogen (secondary N) is 1. The molecule has 0 heterocycles. The van der Waals surface area contributed by atoms with Crippen LogP contribution >= 0.6 is 38.5 Å². The van der Waals surface area contributed by atoms with E-state index in [0.717, 1.165) is 17.4 Å². The van der Waals surface area contributed by atoms with E-state index >= 15 is 0 Å². The minimum Gasteiger partial charge on any atom is -0.306 e. The van der Waals surface area contributed by atoms with Crippen molar-refractivity contribution in [3.63, 3.8) is 0 Å². The lowest BCUT2D eigenvalue weighted by Crippen LogP contribution is -2.22. The van der Waals surface area contributed by atoms with Gasteiger partial charge in [0, 0.05) is 8.04 Å². The summed E-state index contributed by atoms with van der Waals surface area (Å²) in [6.45, 7) is 5.28. The molecule has 0 aliphatic carbocycles. The van der Waals surface area contributed by atoms with Crippen molar-refractivity contribution >= 4 is 38.5 Å². The number of benzene rings is 2. The normalized spacial score (nSPS) is 12.4. The van der Waals surface area contributed by atoms with Crippen LogP contribution in [0.4, 0.5) is 0 Å². The van der Waals surface area contributed by atoms with Crippen molar-refractivity contribution < 1.29 is 0 Å². The van der Waals surface area contributed by atoms with Crippen LogP contribution in [0.5, 0.6) is 0 Å². The van der Waals surface area contributed by atoms with Crippen LogP contribution in [0.15, 0.2) is 46.9 Å². The molecule has 1 unspecified atom stereocenters. The van der Waals surface area contributed by atoms with Gasteiger partial charge in [-0.25, -0.2) is 0 Å². The number of rotatable bonds is 5. The largest absolute Gasteiger partial charge is 0.306 e. The molecule has 3 heteroatoms. The Morgan fingerprint density at radius 1 is 1.10 bits per heavy atom. The molecule has 0 aliphatic rings. The summed E-state index contributed by atoms with van der Waals surface area (Å²) in [6, 6.07) is 15.6. The third-order valence-electron chi connectivity index (χ3n) is 3.40. The summed E-state index contributed by atoms with van der Waals surface area (Å²) < 4.78 is 2.41. The highest BCUT2D eigenvalue weighted by molar-refractivity contribution is 14.1. The maximum Gasteiger partial charge on any atom is 0.0588 e. The zero-order valence-corrected chi connectivity index (χ0v) is 15.5. The maximum atomic E-state index is 3.68. The van der Waals surface area contributed by atoms with Gasteiger partial charge in [-0.2, -0.15) is 0 Å². The molecule has 0 fully saturated rings. The zero-order chi connectivity index (χ0) is 14.5. The van der Waals surface area contributed by atoms with Crippen molar-refractivity contribution in [1.82, 2.24) is 5.32 Å². The quantitative estimate of drug-likeness (QED) is 0.617. The Hall–Kier alpha value is -0.390. The van der Waals surface area contributed by atoms with Gasteiger partial charge in [0.1, 0.15) is 0 Å². The van der Waals surface area contributed by atoms with Gasteiger partial charge in [-0.05, 0) is 70.4 Å². The number of hydrogen-bond acceptors (Lipinski definition) is 1. The number of hydrogen-bond donors (Lipinski definition) is 1. The van der Waals surface area contributed by atoms with E-state index in [2.05, 4.69) is 100 Å². The molecular weight excluding hydrogens is 425 g/mol. The SMILES string of the molecule is CCNC(c1ccc(CC)cc1)c1cc(I)ccc1Br. The third-order valence-corrected chi connectivity index (χ3v) is 4.79. The molecule has 20 heavy (non-hydrogen) atoms. The van der Waals surface area contributed by atoms with Crippen LogP contribution in [-0.2, 0) is 6.42 Å². The summed E-state index contributed by atoms with van der Waals surface area (Å²) in [4.78, 5) is 0. The predicted molar refractivity (Wildman–Crippen MR) is 98.2 cm³/mol. The first-order valence-electron chi connectivity index (χ1n) is 6.92. The second-order valence-corrected chi connectivity index (χ2v) is 6.85. The van der Waals surface area contributed by atoms with Gasteiger partial charge in [-0.15, -0.1) is 0 Å². The van der Waals surface area contributed by atoms with Gasteiger partial charge in [0.15, 0.2) is 0 Å². The average Bonchev–Trinajstić information content (AvgIpc) is 2.48. The minimum absolute atomic E-state index is 0.231. The smallest absolute Gasteiger partial charge is 0.0588 e. The molecule has 2 rings (SSSR count). The van der Waals surface area contributed by atoms with Crippen molar-refractivity contribution in [3.8, 4) is 0 Å². The van der Waals surface area contributed by atoms with Gasteiger partial charge in [-0.1, -0.05) is 54.0 Å². The topological polar surface area (TPSA) is 12.0 Å². The van der Waals surface area contributed by atoms with Crippen LogP contribution in [0, 0.1) is 3.57 Å². The molecule has 0 spiro atoms. The molecule has 0 bridgehead atoms. The van der Waals surface area contributed by atoms with Crippen LogP contribution in [0.1, 0.15) is 36.6 Å². The number of halogens is 2. The fourth-order valence-electron chi connectivity index (χ4n) is 2.29. The highest BCUT2D eigenvalue weighted by atomic mass is 127. The van der Waals surface area contributed by atoms with E-state index in [1.54, 1.807) is 0 Å². The molecule has 0 saturated heterocycles. The van der Waals surface area contributed by atoms with Crippen molar-refractivity contribution in [3.05, 3.63) is 67.2 Å². The van der Waals surface area contributed by atoms with E-state index in [0.29, 0.717) is 0 Å². The molecule has 106 valence electrons. The molecule has 1 N–H and O–H groups in total. The summed E-state index contributed by atoms with van der Waals surface area (Å²) in [5, 5.41) is 3.59. The lowest BCUT2D eigenvalue weighted by atomic mass is 9.97. The first-order valence-corrected chi connectivity index (χ1v) is 8.80. The van der Waals surface area contributed by atoms with Crippen LogP contribution in [0.25, 0.3) is 0 Å². The average molecular weight is 444 g/mol. The van der Waals surface area contributed by atoms with E-state index < -0.39 is 0 Å². The number of aryl methyl sites for hydroxylation is 1. The highest BCUT2D eigenvalue weighted by Crippen LogP contribution is 2.30. The van der Waals surface area contributed by atoms with Gasteiger partial charge in [0.05, 0.1) is 6.04 Å². The monoisotopic (exact) mass is 443 g/mol. The Kier molecular flexibility index (Phi) is 6.05. The standard InChI is InChI=1S/C17H19BrIN/c1-3-12-5-7-13(8-6-12)17(20-4-2)15-11-14(19)9-10-16(15)18/h5-11,17,20H,3-4H2,1-2H3. The van der Waals surface area contributed by atoms with Crippen LogP contribution < -0.4 is 5.32 Å². The van der Waals surface area contributed by atoms with E-state index in [1.165, 1.54) is 20.3 Å². The third kappa shape index (κ3) is 3.83. The van der Waals surface area contributed by atoms with Crippen molar-refractivity contribution in [2.24, 2.45) is 0 Å². The molecule has 0 saturated carbocycles. The van der Waals surface area contributed by atoms with E-state index in [1.807, 2.05) is 0 Å². The molecule has 0 amide bonds. The van der Waals surface area contributed by atoms with E-state index in [9.17, 15) is 0 Å². The second kappa shape index (κ2) is 7.57. The summed E-state index contributed by atoms with van der Waals surface area (Å²) in [6.07, 6.45) is 1.08. The van der Waals surface area contributed by atoms with Crippen molar-refractivity contribution in [1.29, 1.82) is 0 Å². The lowest BCUT2D eigenvalue weighted by Gasteiger charge is -2.21. The van der Waals surface area contributed by atoms with Crippen molar-refractivity contribution in [2.45, 2.75) is 26.3 Å². The van der Waals surface area contributed by atoms with E-state index in [-0.39, 0.29) is 6.04 Å². The van der Waals surface area contributed by atoms with Gasteiger partial charge in [-0.3, -0.25) is 0 Å². The molecular formula is C17H19BrIN. The minimum atomic E-state index is 0.231. The molecule has 0 aliphatic heterocycles. The van der Waals surface area contributed by atoms with Gasteiger partial charge in [0.25, 0.3) is 0 Å². The summed E-state index contributed by atoms with van der Waals surface area (Å²) in [5.74, 6) is 0. The molecule has 0 aromatic heterocycles. The molecule has 2 aromatic carbocycles. The van der Waals surface area contributed by atoms with Crippen molar-refractivity contribution in [2.75, 3.05) is 6.54 Å². The lowest BCUT2D eigenvalue weighted by molar-refractivity contribution is 0.628. The van der Waals surface area contributed by atoms with Crippen LogP contribution in [-0.4, -0.2) is 6.54 Å². The fourth-order valence-corrected chi connectivity index (χ4v) is 3.28. The molecule has 1 nitrogen and oxygen atoms in total. The first-order chi connectivity index (χ1) is 9.65. The zero-order valence-electron chi connectivity index (χ0n) is 11.8. The Morgan fingerprint density at radius 3 is 2.40 bits per heavy atom. The Labute approximate surface area is 143 Å². The summed E-state index contributed by atoms with van der Waals surface area (Å²) in [7, 11) is 0. The fraction of sp³-hybridized carbons (Fsp3) is 0.294. The Balaban J connectivity index is 2.41. The highest BCUT2D eigenvalue weighted by Gasteiger charge is 2.16. The first kappa shape index (κ1) is 16.0. The van der Waals surface area contributed by atoms with Gasteiger partial charge < -0.3 is 5.32 Å². The van der Waals surface area contributed by atoms with Gasteiger partial charge >= 0.3 is 0 Å². The maximum absolute atomic E-state index is 3.68.